The number of fused-ring (bicyclic) bond motifs is 1. The van der Waals surface area contributed by atoms with Crippen LogP contribution in [0.1, 0.15) is 36.7 Å². The summed E-state index contributed by atoms with van der Waals surface area (Å²) in [7, 11) is 0. The number of hydrogen-bond donors (Lipinski definition) is 1. The van der Waals surface area contributed by atoms with Crippen LogP contribution in [0.25, 0.3) is 0 Å². The fourth-order valence-corrected chi connectivity index (χ4v) is 5.84. The number of thioether (sulfide) groups is 1. The second-order valence-electron chi connectivity index (χ2n) is 6.17. The van der Waals surface area contributed by atoms with E-state index in [0.29, 0.717) is 11.1 Å². The fourth-order valence-electron chi connectivity index (χ4n) is 3.47. The molecule has 1 N–H and O–H groups in total. The van der Waals surface area contributed by atoms with Gasteiger partial charge < -0.3 is 10.0 Å². The number of aromatic hydroxyl groups is 1. The molecule has 2 aromatic rings. The van der Waals surface area contributed by atoms with Crippen molar-refractivity contribution in [1.82, 2.24) is 9.88 Å². The third-order valence-electron chi connectivity index (χ3n) is 4.71. The number of halogens is 2. The first-order valence-corrected chi connectivity index (χ1v) is 10.6. The Labute approximate surface area is 169 Å². The summed E-state index contributed by atoms with van der Waals surface area (Å²) in [5.41, 5.74) is 2.03. The van der Waals surface area contributed by atoms with Gasteiger partial charge in [-0.05, 0) is 58.8 Å². The van der Waals surface area contributed by atoms with Crippen molar-refractivity contribution in [1.29, 1.82) is 0 Å². The van der Waals surface area contributed by atoms with Crippen molar-refractivity contribution in [3.8, 4) is 5.75 Å². The molecule has 0 bridgehead atoms. The van der Waals surface area contributed by atoms with E-state index < -0.39 is 0 Å². The molecule has 4 nitrogen and oxygen atoms in total. The molecule has 1 aromatic heterocycles. The van der Waals surface area contributed by atoms with Gasteiger partial charge in [0.15, 0.2) is 5.17 Å². The molecule has 0 aliphatic carbocycles. The average molecular weight is 486 g/mol. The van der Waals surface area contributed by atoms with Gasteiger partial charge in [-0.15, -0.1) is 0 Å². The molecule has 4 rings (SSSR count). The van der Waals surface area contributed by atoms with Gasteiger partial charge in [0.25, 0.3) is 0 Å². The highest BCUT2D eigenvalue weighted by Crippen LogP contribution is 2.49. The van der Waals surface area contributed by atoms with Crippen molar-refractivity contribution >= 4 is 51.1 Å². The molecule has 0 spiro atoms. The summed E-state index contributed by atoms with van der Waals surface area (Å²) >= 11 is 10.2. The van der Waals surface area contributed by atoms with Crippen LogP contribution in [-0.4, -0.2) is 32.0 Å². The molecule has 1 aromatic carbocycles. The minimum atomic E-state index is -0.0607. The number of pyridine rings is 1. The number of rotatable bonds is 3. The molecule has 0 unspecified atom stereocenters. The van der Waals surface area contributed by atoms with Gasteiger partial charge in [0.1, 0.15) is 11.8 Å². The molecule has 2 aliphatic heterocycles. The smallest absolute Gasteiger partial charge is 0.160 e. The third-order valence-corrected chi connectivity index (χ3v) is 6.95. The highest BCUT2D eigenvalue weighted by molar-refractivity contribution is 14.1. The van der Waals surface area contributed by atoms with Crippen molar-refractivity contribution in [2.75, 3.05) is 5.75 Å². The molecule has 25 heavy (non-hydrogen) atoms. The van der Waals surface area contributed by atoms with E-state index in [1.165, 1.54) is 0 Å². The van der Waals surface area contributed by atoms with Crippen molar-refractivity contribution in [3.05, 3.63) is 56.4 Å². The second kappa shape index (κ2) is 6.96. The quantitative estimate of drug-likeness (QED) is 0.620. The van der Waals surface area contributed by atoms with E-state index in [0.717, 1.165) is 32.2 Å². The van der Waals surface area contributed by atoms with Gasteiger partial charge in [-0.2, -0.15) is 0 Å². The van der Waals surface area contributed by atoms with Crippen LogP contribution in [0.2, 0.25) is 5.02 Å². The number of hydrogen-bond acceptors (Lipinski definition) is 5. The SMILES string of the molecule is CC[C@@H]1CSC2=N[C@H](c3ccccn3)[C@H](c3cc(Cl)c(O)c(I)c3)N21. The summed E-state index contributed by atoms with van der Waals surface area (Å²) in [4.78, 5) is 12.0. The number of amidine groups is 1. The Balaban J connectivity index is 1.83. The summed E-state index contributed by atoms with van der Waals surface area (Å²) in [6.07, 6.45) is 2.88. The average Bonchev–Trinajstić information content (AvgIpc) is 3.18. The van der Waals surface area contributed by atoms with Gasteiger partial charge in [-0.1, -0.05) is 36.4 Å². The topological polar surface area (TPSA) is 48.7 Å². The lowest BCUT2D eigenvalue weighted by molar-refractivity contribution is 0.255. The largest absolute Gasteiger partial charge is 0.505 e. The maximum Gasteiger partial charge on any atom is 0.160 e. The molecule has 2 aliphatic rings. The number of benzene rings is 1. The van der Waals surface area contributed by atoms with Crippen LogP contribution in [-0.2, 0) is 0 Å². The van der Waals surface area contributed by atoms with Gasteiger partial charge >= 0.3 is 0 Å². The van der Waals surface area contributed by atoms with E-state index in [4.69, 9.17) is 16.6 Å². The summed E-state index contributed by atoms with van der Waals surface area (Å²) in [6.45, 7) is 2.22. The molecular formula is C18H17ClIN3OS. The summed E-state index contributed by atoms with van der Waals surface area (Å²) in [5, 5.41) is 11.5. The Morgan fingerprint density at radius 2 is 2.24 bits per heavy atom. The zero-order valence-electron chi connectivity index (χ0n) is 13.6. The Morgan fingerprint density at radius 3 is 2.92 bits per heavy atom. The van der Waals surface area contributed by atoms with Crippen LogP contribution in [0.3, 0.4) is 0 Å². The number of aliphatic imine (C=N–C) groups is 1. The standard InChI is InChI=1S/C18H17ClIN3OS/c1-2-11-9-25-18-22-15(14-5-3-4-6-21-14)16(23(11)18)10-7-12(19)17(24)13(20)8-10/h3-8,11,15-16,24H,2,9H2,1H3/t11-,15-,16+/m1/s1. The van der Waals surface area contributed by atoms with Crippen molar-refractivity contribution in [2.45, 2.75) is 31.5 Å². The number of phenols is 1. The second-order valence-corrected chi connectivity index (χ2v) is 8.73. The van der Waals surface area contributed by atoms with E-state index in [2.05, 4.69) is 39.4 Å². The molecule has 0 radical (unpaired) electrons. The van der Waals surface area contributed by atoms with Gasteiger partial charge in [0.2, 0.25) is 0 Å². The van der Waals surface area contributed by atoms with Crippen molar-refractivity contribution in [2.24, 2.45) is 4.99 Å². The predicted octanol–water partition coefficient (Wildman–Crippen LogP) is 5.02. The van der Waals surface area contributed by atoms with E-state index in [-0.39, 0.29) is 17.8 Å². The molecule has 1 fully saturated rings. The van der Waals surface area contributed by atoms with Gasteiger partial charge in [-0.25, -0.2) is 0 Å². The van der Waals surface area contributed by atoms with E-state index in [1.54, 1.807) is 0 Å². The van der Waals surface area contributed by atoms with Crippen LogP contribution < -0.4 is 0 Å². The molecule has 1 saturated heterocycles. The van der Waals surface area contributed by atoms with Crippen LogP contribution in [0, 0.1) is 3.57 Å². The van der Waals surface area contributed by atoms with E-state index >= 15 is 0 Å². The Hall–Kier alpha value is -0.990. The Kier molecular flexibility index (Phi) is 4.85. The minimum Gasteiger partial charge on any atom is -0.505 e. The number of nitrogens with zero attached hydrogens (tertiary/aromatic N) is 3. The van der Waals surface area contributed by atoms with Crippen LogP contribution in [0.4, 0.5) is 0 Å². The van der Waals surface area contributed by atoms with Gasteiger partial charge in [0.05, 0.1) is 20.3 Å². The van der Waals surface area contributed by atoms with Crippen LogP contribution in [0.15, 0.2) is 41.5 Å². The Morgan fingerprint density at radius 1 is 1.40 bits per heavy atom. The first kappa shape index (κ1) is 17.4. The summed E-state index contributed by atoms with van der Waals surface area (Å²) < 4.78 is 0.758. The highest BCUT2D eigenvalue weighted by Gasteiger charge is 2.45. The molecule has 0 saturated carbocycles. The lowest BCUT2D eigenvalue weighted by Gasteiger charge is -2.32. The lowest BCUT2D eigenvalue weighted by Crippen LogP contribution is -2.35. The molecular weight excluding hydrogens is 469 g/mol. The maximum atomic E-state index is 10.0. The predicted molar refractivity (Wildman–Crippen MR) is 111 cm³/mol. The van der Waals surface area contributed by atoms with Crippen LogP contribution in [0.5, 0.6) is 5.75 Å². The number of aromatic nitrogens is 1. The van der Waals surface area contributed by atoms with Crippen molar-refractivity contribution < 1.29 is 5.11 Å². The van der Waals surface area contributed by atoms with Gasteiger partial charge in [0, 0.05) is 18.0 Å². The van der Waals surface area contributed by atoms with Crippen LogP contribution >= 0.6 is 46.0 Å². The first-order chi connectivity index (χ1) is 12.1. The zero-order chi connectivity index (χ0) is 17.6. The highest BCUT2D eigenvalue weighted by atomic mass is 127. The molecule has 0 amide bonds. The van der Waals surface area contributed by atoms with E-state index in [9.17, 15) is 5.11 Å². The summed E-state index contributed by atoms with van der Waals surface area (Å²) in [6, 6.07) is 10.3. The zero-order valence-corrected chi connectivity index (χ0v) is 17.3. The molecule has 3 heterocycles. The normalized spacial score (nSPS) is 25.2. The number of phenolic OH excluding ortho intramolecular Hbond substituents is 1. The van der Waals surface area contributed by atoms with Crippen molar-refractivity contribution in [3.63, 3.8) is 0 Å². The fraction of sp³-hybridized carbons (Fsp3) is 0.333. The van der Waals surface area contributed by atoms with E-state index in [1.807, 2.05) is 48.3 Å². The monoisotopic (exact) mass is 485 g/mol. The molecule has 3 atom stereocenters. The lowest BCUT2D eigenvalue weighted by atomic mass is 9.95. The van der Waals surface area contributed by atoms with Gasteiger partial charge in [-0.3, -0.25) is 9.98 Å². The molecule has 130 valence electrons. The third kappa shape index (κ3) is 3.02. The summed E-state index contributed by atoms with van der Waals surface area (Å²) in [5.74, 6) is 1.20. The maximum absolute atomic E-state index is 10.0. The Bertz CT molecular complexity index is 809. The minimum absolute atomic E-state index is 0.0523. The molecule has 7 heteroatoms. The first-order valence-electron chi connectivity index (χ1n) is 8.18.